The zero-order chi connectivity index (χ0) is 14.3. The predicted octanol–water partition coefficient (Wildman–Crippen LogP) is 3.45. The molecule has 1 aliphatic heterocycles. The topological polar surface area (TPSA) is 54.0 Å². The van der Waals surface area contributed by atoms with E-state index < -0.39 is 11.7 Å². The van der Waals surface area contributed by atoms with Crippen molar-refractivity contribution in [3.63, 3.8) is 0 Å². The Kier molecular flexibility index (Phi) is 3.35. The predicted molar refractivity (Wildman–Crippen MR) is 78.2 cm³/mol. The summed E-state index contributed by atoms with van der Waals surface area (Å²) in [6.45, 7) is 0. The Bertz CT molecular complexity index is 668. The second-order valence-corrected chi connectivity index (χ2v) is 5.86. The average molecular weight is 312 g/mol. The lowest BCUT2D eigenvalue weighted by molar-refractivity contribution is -0.116. The standard InChI is InChI=1S/C13H11ClFN3OS/c1-16-13-18-12-11(20-13)6(5-9(19)17-12)10-7(14)3-2-4-8(10)15/h2-4,6H,5H2,1H3,(H,16,18)(H,17,19)/t6-/m1/s1. The molecule has 1 atom stereocenters. The molecule has 104 valence electrons. The molecule has 3 rings (SSSR count). The summed E-state index contributed by atoms with van der Waals surface area (Å²) in [5.41, 5.74) is 0.358. The Labute approximate surface area is 124 Å². The number of aromatic nitrogens is 1. The molecule has 1 aromatic carbocycles. The minimum atomic E-state index is -0.400. The normalized spacial score (nSPS) is 17.6. The van der Waals surface area contributed by atoms with Crippen molar-refractivity contribution in [2.75, 3.05) is 17.7 Å². The molecule has 0 radical (unpaired) electrons. The van der Waals surface area contributed by atoms with Gasteiger partial charge < -0.3 is 10.6 Å². The van der Waals surface area contributed by atoms with Crippen LogP contribution in [-0.4, -0.2) is 17.9 Å². The molecule has 0 fully saturated rings. The molecule has 0 aliphatic carbocycles. The van der Waals surface area contributed by atoms with E-state index in [1.54, 1.807) is 19.2 Å². The van der Waals surface area contributed by atoms with Crippen LogP contribution in [0.2, 0.25) is 5.02 Å². The summed E-state index contributed by atoms with van der Waals surface area (Å²) in [5, 5.41) is 6.64. The maximum atomic E-state index is 14.1. The van der Waals surface area contributed by atoms with Crippen molar-refractivity contribution in [2.45, 2.75) is 12.3 Å². The lowest BCUT2D eigenvalue weighted by Gasteiger charge is -2.22. The van der Waals surface area contributed by atoms with Crippen LogP contribution in [0.25, 0.3) is 0 Å². The summed E-state index contributed by atoms with van der Waals surface area (Å²) in [5.74, 6) is -0.496. The largest absolute Gasteiger partial charge is 0.365 e. The summed E-state index contributed by atoms with van der Waals surface area (Å²) in [6, 6.07) is 4.54. The van der Waals surface area contributed by atoms with Crippen LogP contribution in [0.3, 0.4) is 0 Å². The third kappa shape index (κ3) is 2.14. The Balaban J connectivity index is 2.15. The molecule has 1 aromatic heterocycles. The van der Waals surface area contributed by atoms with Crippen LogP contribution in [0.15, 0.2) is 18.2 Å². The lowest BCUT2D eigenvalue weighted by Crippen LogP contribution is -2.23. The first-order chi connectivity index (χ1) is 9.60. The van der Waals surface area contributed by atoms with Gasteiger partial charge in [0.2, 0.25) is 5.91 Å². The lowest BCUT2D eigenvalue weighted by atomic mass is 9.91. The number of hydrogen-bond donors (Lipinski definition) is 2. The van der Waals surface area contributed by atoms with E-state index in [2.05, 4.69) is 15.6 Å². The van der Waals surface area contributed by atoms with E-state index in [4.69, 9.17) is 11.6 Å². The monoisotopic (exact) mass is 311 g/mol. The van der Waals surface area contributed by atoms with Crippen molar-refractivity contribution in [1.82, 2.24) is 4.98 Å². The molecule has 0 spiro atoms. The van der Waals surface area contributed by atoms with Gasteiger partial charge in [0.25, 0.3) is 0 Å². The second-order valence-electron chi connectivity index (χ2n) is 4.42. The zero-order valence-corrected chi connectivity index (χ0v) is 12.1. The van der Waals surface area contributed by atoms with Gasteiger partial charge in [-0.15, -0.1) is 0 Å². The number of fused-ring (bicyclic) bond motifs is 1. The fourth-order valence-corrected chi connectivity index (χ4v) is 3.58. The zero-order valence-electron chi connectivity index (χ0n) is 10.5. The van der Waals surface area contributed by atoms with Crippen molar-refractivity contribution < 1.29 is 9.18 Å². The van der Waals surface area contributed by atoms with Gasteiger partial charge in [-0.2, -0.15) is 0 Å². The number of amides is 1. The third-order valence-electron chi connectivity index (χ3n) is 3.18. The van der Waals surface area contributed by atoms with Gasteiger partial charge in [-0.25, -0.2) is 9.37 Å². The number of thiazole rings is 1. The summed E-state index contributed by atoms with van der Waals surface area (Å²) >= 11 is 7.51. The molecule has 7 heteroatoms. The molecule has 0 unspecified atom stereocenters. The highest BCUT2D eigenvalue weighted by Crippen LogP contribution is 2.44. The number of nitrogens with one attached hydrogen (secondary N) is 2. The first-order valence-corrected chi connectivity index (χ1v) is 7.22. The highest BCUT2D eigenvalue weighted by Gasteiger charge is 2.33. The molecule has 0 bridgehead atoms. The van der Waals surface area contributed by atoms with Crippen molar-refractivity contribution in [1.29, 1.82) is 0 Å². The van der Waals surface area contributed by atoms with Gasteiger partial charge in [0.05, 0.1) is 4.88 Å². The van der Waals surface area contributed by atoms with E-state index in [1.807, 2.05) is 0 Å². The van der Waals surface area contributed by atoms with Gasteiger partial charge in [0.15, 0.2) is 5.13 Å². The number of nitrogens with zero attached hydrogens (tertiary/aromatic N) is 1. The average Bonchev–Trinajstić information content (AvgIpc) is 2.81. The van der Waals surface area contributed by atoms with E-state index in [0.717, 1.165) is 4.88 Å². The van der Waals surface area contributed by atoms with Crippen molar-refractivity contribution >= 4 is 39.8 Å². The van der Waals surface area contributed by atoms with Gasteiger partial charge in [-0.3, -0.25) is 4.79 Å². The van der Waals surface area contributed by atoms with E-state index in [-0.39, 0.29) is 12.3 Å². The number of carbonyl (C=O) groups excluding carboxylic acids is 1. The smallest absolute Gasteiger partial charge is 0.226 e. The maximum Gasteiger partial charge on any atom is 0.226 e. The quantitative estimate of drug-likeness (QED) is 0.893. The SMILES string of the molecule is CNc1nc2c(s1)[C@@H](c1c(F)cccc1Cl)CC(=O)N2. The number of benzene rings is 1. The van der Waals surface area contributed by atoms with Crippen LogP contribution in [0.4, 0.5) is 15.3 Å². The van der Waals surface area contributed by atoms with E-state index in [1.165, 1.54) is 17.4 Å². The van der Waals surface area contributed by atoms with E-state index >= 15 is 0 Å². The molecular weight excluding hydrogens is 301 g/mol. The Morgan fingerprint density at radius 2 is 2.35 bits per heavy atom. The van der Waals surface area contributed by atoms with Crippen LogP contribution in [0.5, 0.6) is 0 Å². The van der Waals surface area contributed by atoms with Crippen LogP contribution in [0, 0.1) is 5.82 Å². The minimum Gasteiger partial charge on any atom is -0.365 e. The van der Waals surface area contributed by atoms with Gasteiger partial charge in [0, 0.05) is 30.0 Å². The van der Waals surface area contributed by atoms with E-state index in [0.29, 0.717) is 21.5 Å². The number of carbonyl (C=O) groups is 1. The molecule has 2 heterocycles. The molecule has 0 saturated heterocycles. The number of rotatable bonds is 2. The van der Waals surface area contributed by atoms with Gasteiger partial charge >= 0.3 is 0 Å². The molecule has 4 nitrogen and oxygen atoms in total. The van der Waals surface area contributed by atoms with Crippen LogP contribution in [-0.2, 0) is 4.79 Å². The molecular formula is C13H11ClFN3OS. The van der Waals surface area contributed by atoms with Crippen LogP contribution in [0.1, 0.15) is 22.8 Å². The highest BCUT2D eigenvalue weighted by atomic mass is 35.5. The van der Waals surface area contributed by atoms with Gasteiger partial charge in [0.1, 0.15) is 11.6 Å². The Morgan fingerprint density at radius 1 is 1.55 bits per heavy atom. The fourth-order valence-electron chi connectivity index (χ4n) is 2.30. The molecule has 2 N–H and O–H groups in total. The second kappa shape index (κ2) is 5.03. The first-order valence-electron chi connectivity index (χ1n) is 6.02. The molecule has 20 heavy (non-hydrogen) atoms. The Hall–Kier alpha value is -1.66. The molecule has 0 saturated carbocycles. The summed E-state index contributed by atoms with van der Waals surface area (Å²) in [7, 11) is 1.75. The first kappa shape index (κ1) is 13.3. The minimum absolute atomic E-state index is 0.166. The van der Waals surface area contributed by atoms with E-state index in [9.17, 15) is 9.18 Å². The molecule has 2 aromatic rings. The van der Waals surface area contributed by atoms with Gasteiger partial charge in [-0.1, -0.05) is 29.0 Å². The number of anilines is 2. The number of hydrogen-bond acceptors (Lipinski definition) is 4. The summed E-state index contributed by atoms with van der Waals surface area (Å²) in [6.07, 6.45) is 0.166. The summed E-state index contributed by atoms with van der Waals surface area (Å²) < 4.78 is 14.1. The number of halogens is 2. The maximum absolute atomic E-state index is 14.1. The van der Waals surface area contributed by atoms with Crippen molar-refractivity contribution in [3.8, 4) is 0 Å². The van der Waals surface area contributed by atoms with Crippen LogP contribution >= 0.6 is 22.9 Å². The van der Waals surface area contributed by atoms with Crippen LogP contribution < -0.4 is 10.6 Å². The van der Waals surface area contributed by atoms with Gasteiger partial charge in [-0.05, 0) is 12.1 Å². The molecule has 1 aliphatic rings. The van der Waals surface area contributed by atoms with Crippen molar-refractivity contribution in [2.24, 2.45) is 0 Å². The summed E-state index contributed by atoms with van der Waals surface area (Å²) in [4.78, 5) is 16.9. The molecule has 1 amide bonds. The highest BCUT2D eigenvalue weighted by molar-refractivity contribution is 7.16. The Morgan fingerprint density at radius 3 is 3.05 bits per heavy atom. The van der Waals surface area contributed by atoms with Crippen molar-refractivity contribution in [3.05, 3.63) is 39.5 Å². The third-order valence-corrected chi connectivity index (χ3v) is 4.70. The fraction of sp³-hybridized carbons (Fsp3) is 0.231.